The molecular weight excluding hydrogens is 437 g/mol. The normalized spacial score (nSPS) is 20.0. The molecule has 1 fully saturated rings. The van der Waals surface area contributed by atoms with Crippen LogP contribution < -0.4 is 10.6 Å². The smallest absolute Gasteiger partial charge is 0.191 e. The van der Waals surface area contributed by atoms with Gasteiger partial charge in [-0.25, -0.2) is 0 Å². The van der Waals surface area contributed by atoms with Crippen molar-refractivity contribution in [3.8, 4) is 0 Å². The minimum atomic E-state index is 0. The fourth-order valence-electron chi connectivity index (χ4n) is 3.26. The Labute approximate surface area is 173 Å². The molecule has 0 amide bonds. The summed E-state index contributed by atoms with van der Waals surface area (Å²) in [4.78, 5) is 4.30. The largest absolute Gasteiger partial charge is 0.396 e. The van der Waals surface area contributed by atoms with Crippen LogP contribution in [0, 0.1) is 5.92 Å². The van der Waals surface area contributed by atoms with Gasteiger partial charge >= 0.3 is 0 Å². The zero-order valence-electron chi connectivity index (χ0n) is 15.1. The number of benzene rings is 2. The zero-order chi connectivity index (χ0) is 17.5. The third-order valence-corrected chi connectivity index (χ3v) is 4.91. The molecule has 0 radical (unpaired) electrons. The number of hydrogen-bond acceptors (Lipinski definition) is 2. The van der Waals surface area contributed by atoms with E-state index in [4.69, 9.17) is 0 Å². The predicted octanol–water partition coefficient (Wildman–Crippen LogP) is 3.35. The molecule has 26 heavy (non-hydrogen) atoms. The first kappa shape index (κ1) is 20.7. The van der Waals surface area contributed by atoms with E-state index in [2.05, 4.69) is 46.0 Å². The van der Waals surface area contributed by atoms with Crippen molar-refractivity contribution in [1.29, 1.82) is 0 Å². The molecule has 2 aromatic rings. The van der Waals surface area contributed by atoms with E-state index >= 15 is 0 Å². The highest BCUT2D eigenvalue weighted by Crippen LogP contribution is 2.46. The Kier molecular flexibility index (Phi) is 8.38. The van der Waals surface area contributed by atoms with Crippen molar-refractivity contribution >= 4 is 29.9 Å². The molecule has 0 spiro atoms. The van der Waals surface area contributed by atoms with Gasteiger partial charge in [-0.15, -0.1) is 24.0 Å². The molecule has 3 atom stereocenters. The number of nitrogens with zero attached hydrogens (tertiary/aromatic N) is 1. The van der Waals surface area contributed by atoms with E-state index < -0.39 is 0 Å². The van der Waals surface area contributed by atoms with E-state index in [-0.39, 0.29) is 36.5 Å². The van der Waals surface area contributed by atoms with E-state index in [9.17, 15) is 5.11 Å². The maximum Gasteiger partial charge on any atom is 0.191 e. The molecule has 0 heterocycles. The van der Waals surface area contributed by atoms with Crippen molar-refractivity contribution in [2.24, 2.45) is 10.9 Å². The van der Waals surface area contributed by atoms with Crippen LogP contribution in [-0.4, -0.2) is 37.8 Å². The molecule has 0 aliphatic heterocycles. The monoisotopic (exact) mass is 465 g/mol. The van der Waals surface area contributed by atoms with Crippen LogP contribution in [0.15, 0.2) is 65.7 Å². The Morgan fingerprint density at radius 3 is 2.35 bits per heavy atom. The van der Waals surface area contributed by atoms with E-state index in [1.807, 2.05) is 30.3 Å². The lowest BCUT2D eigenvalue weighted by Gasteiger charge is -2.18. The summed E-state index contributed by atoms with van der Waals surface area (Å²) in [6.45, 7) is 1.70. The highest BCUT2D eigenvalue weighted by Gasteiger charge is 2.37. The lowest BCUT2D eigenvalue weighted by Crippen LogP contribution is -2.40. The maximum atomic E-state index is 9.65. The molecule has 0 saturated heterocycles. The van der Waals surface area contributed by atoms with Gasteiger partial charge in [-0.05, 0) is 29.4 Å². The fourth-order valence-corrected chi connectivity index (χ4v) is 3.26. The van der Waals surface area contributed by atoms with Gasteiger partial charge in [0.15, 0.2) is 5.96 Å². The molecule has 0 bridgehead atoms. The number of hydrogen-bond donors (Lipinski definition) is 3. The molecule has 4 nitrogen and oxygen atoms in total. The quantitative estimate of drug-likeness (QED) is 0.334. The lowest BCUT2D eigenvalue weighted by atomic mass is 10.0. The first-order valence-corrected chi connectivity index (χ1v) is 8.97. The predicted molar refractivity (Wildman–Crippen MR) is 118 cm³/mol. The SMILES string of the molecule is CN=C(NCC(CO)c1ccccc1)NCC1CC1c1ccccc1.I. The molecule has 3 N–H and O–H groups in total. The minimum absolute atomic E-state index is 0. The van der Waals surface area contributed by atoms with Crippen LogP contribution in [-0.2, 0) is 0 Å². The van der Waals surface area contributed by atoms with Crippen molar-refractivity contribution < 1.29 is 5.11 Å². The van der Waals surface area contributed by atoms with Gasteiger partial charge in [0.05, 0.1) is 6.61 Å². The fraction of sp³-hybridized carbons (Fsp3) is 0.381. The van der Waals surface area contributed by atoms with E-state index in [1.165, 1.54) is 12.0 Å². The van der Waals surface area contributed by atoms with Gasteiger partial charge in [0.2, 0.25) is 0 Å². The van der Waals surface area contributed by atoms with Crippen LogP contribution in [0.4, 0.5) is 0 Å². The Morgan fingerprint density at radius 1 is 1.08 bits per heavy atom. The van der Waals surface area contributed by atoms with Crippen molar-refractivity contribution in [2.75, 3.05) is 26.7 Å². The highest BCUT2D eigenvalue weighted by molar-refractivity contribution is 14.0. The third-order valence-electron chi connectivity index (χ3n) is 4.91. The summed E-state index contributed by atoms with van der Waals surface area (Å²) >= 11 is 0. The van der Waals surface area contributed by atoms with E-state index in [0.29, 0.717) is 18.4 Å². The topological polar surface area (TPSA) is 56.7 Å². The summed E-state index contributed by atoms with van der Waals surface area (Å²) in [5.74, 6) is 2.20. The summed E-state index contributed by atoms with van der Waals surface area (Å²) in [6, 6.07) is 20.8. The van der Waals surface area contributed by atoms with Gasteiger partial charge in [0.25, 0.3) is 0 Å². The molecule has 2 aromatic carbocycles. The second kappa shape index (κ2) is 10.5. The first-order valence-electron chi connectivity index (χ1n) is 8.97. The summed E-state index contributed by atoms with van der Waals surface area (Å²) in [7, 11) is 1.79. The van der Waals surface area contributed by atoms with Crippen LogP contribution in [0.2, 0.25) is 0 Å². The third kappa shape index (κ3) is 5.71. The van der Waals surface area contributed by atoms with Crippen LogP contribution >= 0.6 is 24.0 Å². The number of nitrogens with one attached hydrogen (secondary N) is 2. The number of aliphatic hydroxyl groups is 1. The molecular formula is C21H28IN3O. The van der Waals surface area contributed by atoms with E-state index in [1.54, 1.807) is 7.05 Å². The first-order chi connectivity index (χ1) is 12.3. The van der Waals surface area contributed by atoms with Crippen molar-refractivity contribution in [1.82, 2.24) is 10.6 Å². The van der Waals surface area contributed by atoms with Gasteiger partial charge < -0.3 is 15.7 Å². The average Bonchev–Trinajstić information content (AvgIpc) is 3.46. The van der Waals surface area contributed by atoms with Crippen molar-refractivity contribution in [3.05, 3.63) is 71.8 Å². The van der Waals surface area contributed by atoms with Crippen molar-refractivity contribution in [2.45, 2.75) is 18.3 Å². The molecule has 1 saturated carbocycles. The van der Waals surface area contributed by atoms with Crippen LogP contribution in [0.25, 0.3) is 0 Å². The summed E-state index contributed by atoms with van der Waals surface area (Å²) in [5.41, 5.74) is 2.57. The molecule has 3 unspecified atom stereocenters. The van der Waals surface area contributed by atoms with Crippen LogP contribution in [0.1, 0.15) is 29.4 Å². The summed E-state index contributed by atoms with van der Waals surface area (Å²) in [5, 5.41) is 16.4. The van der Waals surface area contributed by atoms with Gasteiger partial charge in [-0.1, -0.05) is 60.7 Å². The van der Waals surface area contributed by atoms with Gasteiger partial charge in [-0.3, -0.25) is 4.99 Å². The lowest BCUT2D eigenvalue weighted by molar-refractivity contribution is 0.265. The number of guanidine groups is 1. The Hall–Kier alpha value is -1.60. The maximum absolute atomic E-state index is 9.65. The van der Waals surface area contributed by atoms with Crippen LogP contribution in [0.5, 0.6) is 0 Å². The number of aliphatic imine (C=N–C) groups is 1. The second-order valence-electron chi connectivity index (χ2n) is 6.64. The minimum Gasteiger partial charge on any atom is -0.396 e. The van der Waals surface area contributed by atoms with Crippen molar-refractivity contribution in [3.63, 3.8) is 0 Å². The van der Waals surface area contributed by atoms with Crippen LogP contribution in [0.3, 0.4) is 0 Å². The van der Waals surface area contributed by atoms with E-state index in [0.717, 1.165) is 18.1 Å². The standard InChI is InChI=1S/C21H27N3O.HI/c1-22-21(24-14-19(15-25)16-8-4-2-5-9-16)23-13-18-12-20(18)17-10-6-3-7-11-17;/h2-11,18-20,25H,12-15H2,1H3,(H2,22,23,24);1H. The molecule has 0 aromatic heterocycles. The number of rotatable bonds is 7. The molecule has 140 valence electrons. The zero-order valence-corrected chi connectivity index (χ0v) is 17.5. The van der Waals surface area contributed by atoms with Gasteiger partial charge in [-0.2, -0.15) is 0 Å². The van der Waals surface area contributed by atoms with Gasteiger partial charge in [0.1, 0.15) is 0 Å². The summed E-state index contributed by atoms with van der Waals surface area (Å²) < 4.78 is 0. The summed E-state index contributed by atoms with van der Waals surface area (Å²) in [6.07, 6.45) is 1.23. The Morgan fingerprint density at radius 2 is 1.73 bits per heavy atom. The number of aliphatic hydroxyl groups excluding tert-OH is 1. The average molecular weight is 465 g/mol. The molecule has 1 aliphatic rings. The molecule has 5 heteroatoms. The number of halogens is 1. The Bertz CT molecular complexity index is 678. The second-order valence-corrected chi connectivity index (χ2v) is 6.64. The molecule has 1 aliphatic carbocycles. The Balaban J connectivity index is 0.00000243. The molecule has 3 rings (SSSR count). The van der Waals surface area contributed by atoms with Gasteiger partial charge in [0, 0.05) is 26.1 Å². The highest BCUT2D eigenvalue weighted by atomic mass is 127.